The molecular weight excluding hydrogens is 679 g/mol. The second-order valence-electron chi connectivity index (χ2n) is 14.0. The van der Waals surface area contributed by atoms with Crippen LogP contribution in [-0.2, 0) is 28.6 Å². The number of carbonyl (C=O) groups excluding carboxylic acids is 2. The molecule has 0 fully saturated rings. The van der Waals surface area contributed by atoms with Crippen molar-refractivity contribution in [2.45, 2.75) is 122 Å². The number of allylic oxidation sites excluding steroid dienone is 18. The van der Waals surface area contributed by atoms with E-state index in [2.05, 4.69) is 50.3 Å². The molecule has 0 aliphatic heterocycles. The number of aliphatic carboxylic acids is 1. The van der Waals surface area contributed by atoms with Gasteiger partial charge in [-0.25, -0.2) is 4.79 Å². The minimum absolute atomic E-state index is 0.0294. The van der Waals surface area contributed by atoms with Gasteiger partial charge in [0.05, 0.1) is 34.4 Å². The highest BCUT2D eigenvalue weighted by molar-refractivity contribution is 5.72. The van der Waals surface area contributed by atoms with E-state index in [0.29, 0.717) is 19.3 Å². The SMILES string of the molecule is CC/C=C/C=C/C=C/C=C/C=C/C=C/CCCCCC(=O)OCC(COCCC(C(=O)O)[N+](C)(C)C)OC(=O)CCCCCCC/C=C/C=C/C=C/CC. The molecule has 0 spiro atoms. The summed E-state index contributed by atoms with van der Waals surface area (Å²) in [7, 11) is 5.48. The number of unbranched alkanes of at least 4 members (excludes halogenated alkanes) is 8. The maximum atomic E-state index is 12.7. The largest absolute Gasteiger partial charge is 0.477 e. The number of nitrogens with zero attached hydrogens (tertiary/aromatic N) is 1. The molecule has 0 aliphatic rings. The molecule has 0 aliphatic carbocycles. The maximum absolute atomic E-state index is 12.7. The molecule has 8 heteroatoms. The lowest BCUT2D eigenvalue weighted by Crippen LogP contribution is -2.50. The molecule has 0 radical (unpaired) electrons. The van der Waals surface area contributed by atoms with E-state index in [1.165, 1.54) is 0 Å². The first kappa shape index (κ1) is 50.0. The highest BCUT2D eigenvalue weighted by atomic mass is 16.6. The Labute approximate surface area is 328 Å². The van der Waals surface area contributed by atoms with Gasteiger partial charge < -0.3 is 23.8 Å². The van der Waals surface area contributed by atoms with E-state index < -0.39 is 18.1 Å². The number of carbonyl (C=O) groups is 3. The topological polar surface area (TPSA) is 99.1 Å². The van der Waals surface area contributed by atoms with Crippen LogP contribution in [0, 0.1) is 0 Å². The van der Waals surface area contributed by atoms with Crippen LogP contribution >= 0.6 is 0 Å². The molecule has 0 aromatic heterocycles. The van der Waals surface area contributed by atoms with Gasteiger partial charge in [-0.1, -0.05) is 149 Å². The lowest BCUT2D eigenvalue weighted by atomic mass is 10.1. The number of likely N-dealkylation sites (N-methyl/N-ethyl adjacent to an activating group) is 1. The fourth-order valence-electron chi connectivity index (χ4n) is 5.06. The van der Waals surface area contributed by atoms with Crippen molar-refractivity contribution < 1.29 is 38.2 Å². The van der Waals surface area contributed by atoms with Crippen LogP contribution in [0.25, 0.3) is 0 Å². The average molecular weight is 751 g/mol. The van der Waals surface area contributed by atoms with Gasteiger partial charge in [0.2, 0.25) is 0 Å². The zero-order valence-electron chi connectivity index (χ0n) is 34.1. The first-order chi connectivity index (χ1) is 26.1. The summed E-state index contributed by atoms with van der Waals surface area (Å²) in [6, 6.07) is -0.632. The first-order valence-electron chi connectivity index (χ1n) is 20.0. The number of carboxylic acids is 1. The van der Waals surface area contributed by atoms with Crippen molar-refractivity contribution in [2.75, 3.05) is 41.0 Å². The molecule has 54 heavy (non-hydrogen) atoms. The summed E-state index contributed by atoms with van der Waals surface area (Å²) in [5.41, 5.74) is 0. The van der Waals surface area contributed by atoms with E-state index in [1.807, 2.05) is 94.1 Å². The molecule has 0 aromatic rings. The number of carboxylic acid groups (broad SMARTS) is 1. The van der Waals surface area contributed by atoms with Crippen molar-refractivity contribution in [2.24, 2.45) is 0 Å². The van der Waals surface area contributed by atoms with Gasteiger partial charge in [0.1, 0.15) is 6.61 Å². The molecule has 2 unspecified atom stereocenters. The molecule has 0 aromatic carbocycles. The van der Waals surface area contributed by atoms with Crippen molar-refractivity contribution in [3.05, 3.63) is 109 Å². The van der Waals surface area contributed by atoms with Crippen molar-refractivity contribution in [1.82, 2.24) is 0 Å². The van der Waals surface area contributed by atoms with Crippen molar-refractivity contribution >= 4 is 17.9 Å². The van der Waals surface area contributed by atoms with Crippen LogP contribution in [0.2, 0.25) is 0 Å². The smallest absolute Gasteiger partial charge is 0.362 e. The van der Waals surface area contributed by atoms with Crippen molar-refractivity contribution in [3.8, 4) is 0 Å². The van der Waals surface area contributed by atoms with Crippen LogP contribution in [0.5, 0.6) is 0 Å². The summed E-state index contributed by atoms with van der Waals surface area (Å²) < 4.78 is 17.2. The Bertz CT molecular complexity index is 1240. The molecule has 0 amide bonds. The van der Waals surface area contributed by atoms with E-state index in [4.69, 9.17) is 14.2 Å². The monoisotopic (exact) mass is 751 g/mol. The van der Waals surface area contributed by atoms with Gasteiger partial charge in [-0.15, -0.1) is 0 Å². The molecule has 2 atom stereocenters. The summed E-state index contributed by atoms with van der Waals surface area (Å²) in [5, 5.41) is 9.60. The highest BCUT2D eigenvalue weighted by Crippen LogP contribution is 2.12. The first-order valence-corrected chi connectivity index (χ1v) is 20.0. The Hall–Kier alpha value is -4.01. The Balaban J connectivity index is 4.55. The van der Waals surface area contributed by atoms with Crippen LogP contribution in [0.1, 0.15) is 110 Å². The number of esters is 2. The van der Waals surface area contributed by atoms with E-state index in [0.717, 1.165) is 70.6 Å². The molecule has 8 nitrogen and oxygen atoms in total. The normalized spacial score (nSPS) is 14.2. The van der Waals surface area contributed by atoms with Crippen LogP contribution in [0.15, 0.2) is 109 Å². The Morgan fingerprint density at radius 1 is 0.556 bits per heavy atom. The summed E-state index contributed by atoms with van der Waals surface area (Å²) >= 11 is 0. The van der Waals surface area contributed by atoms with Gasteiger partial charge >= 0.3 is 17.9 Å². The zero-order chi connectivity index (χ0) is 40.0. The minimum Gasteiger partial charge on any atom is -0.477 e. The predicted molar refractivity (Wildman–Crippen MR) is 224 cm³/mol. The summed E-state index contributed by atoms with van der Waals surface area (Å²) in [6.45, 7) is 4.34. The van der Waals surface area contributed by atoms with Gasteiger partial charge in [-0.05, 0) is 51.4 Å². The second kappa shape index (κ2) is 36.0. The fraction of sp³-hybridized carbons (Fsp3) is 0.543. The maximum Gasteiger partial charge on any atom is 0.362 e. The van der Waals surface area contributed by atoms with Crippen LogP contribution < -0.4 is 0 Å². The lowest BCUT2D eigenvalue weighted by molar-refractivity contribution is -0.887. The second-order valence-corrected chi connectivity index (χ2v) is 14.0. The number of hydrogen-bond donors (Lipinski definition) is 1. The molecule has 0 saturated heterocycles. The molecule has 1 N–H and O–H groups in total. The predicted octanol–water partition coefficient (Wildman–Crippen LogP) is 10.5. The minimum atomic E-state index is -0.892. The molecule has 0 saturated carbocycles. The standard InChI is InChI=1S/C46H71NO7/c1-6-8-10-12-14-16-18-20-21-22-23-25-26-28-30-32-34-36-44(48)53-41-42(40-52-39-38-43(46(50)51)47(3,4)5)54-45(49)37-35-33-31-29-27-24-19-17-15-13-11-9-7-2/h8-23,25-26,42-43H,6-7,24,27-41H2,1-5H3/p+1/b10-8+,11-9+,14-12+,15-13+,18-16+,19-17+,21-20+,23-22+,26-25+. The fourth-order valence-corrected chi connectivity index (χ4v) is 5.06. The molecular formula is C46H72NO7+. The third kappa shape index (κ3) is 33.8. The number of rotatable bonds is 33. The average Bonchev–Trinajstić information content (AvgIpc) is 3.12. The third-order valence-electron chi connectivity index (χ3n) is 8.14. The van der Waals surface area contributed by atoms with E-state index in [-0.39, 0.29) is 42.7 Å². The number of quaternary nitrogens is 1. The zero-order valence-corrected chi connectivity index (χ0v) is 34.1. The van der Waals surface area contributed by atoms with Crippen LogP contribution in [-0.4, -0.2) is 80.6 Å². The van der Waals surface area contributed by atoms with E-state index >= 15 is 0 Å². The summed E-state index contributed by atoms with van der Waals surface area (Å²) in [5.74, 6) is -1.57. The summed E-state index contributed by atoms with van der Waals surface area (Å²) in [6.07, 6.45) is 48.4. The third-order valence-corrected chi connectivity index (χ3v) is 8.14. The van der Waals surface area contributed by atoms with Crippen LogP contribution in [0.3, 0.4) is 0 Å². The summed E-state index contributed by atoms with van der Waals surface area (Å²) in [4.78, 5) is 36.9. The van der Waals surface area contributed by atoms with Crippen LogP contribution in [0.4, 0.5) is 0 Å². The number of ether oxygens (including phenoxy) is 3. The van der Waals surface area contributed by atoms with Gasteiger partial charge in [0.25, 0.3) is 0 Å². The molecule has 302 valence electrons. The van der Waals surface area contributed by atoms with Crippen molar-refractivity contribution in [1.29, 1.82) is 0 Å². The van der Waals surface area contributed by atoms with Gasteiger partial charge in [0.15, 0.2) is 12.1 Å². The van der Waals surface area contributed by atoms with Gasteiger partial charge in [-0.3, -0.25) is 9.59 Å². The van der Waals surface area contributed by atoms with Gasteiger partial charge in [-0.2, -0.15) is 0 Å². The Morgan fingerprint density at radius 2 is 0.981 bits per heavy atom. The highest BCUT2D eigenvalue weighted by Gasteiger charge is 2.31. The molecule has 0 bridgehead atoms. The van der Waals surface area contributed by atoms with Crippen molar-refractivity contribution in [3.63, 3.8) is 0 Å². The Kier molecular flexibility index (Phi) is 33.3. The van der Waals surface area contributed by atoms with Gasteiger partial charge in [0, 0.05) is 19.3 Å². The molecule has 0 rings (SSSR count). The lowest BCUT2D eigenvalue weighted by Gasteiger charge is -2.31. The number of hydrogen-bond acceptors (Lipinski definition) is 6. The van der Waals surface area contributed by atoms with E-state index in [9.17, 15) is 19.5 Å². The quantitative estimate of drug-likeness (QED) is 0.0309. The molecule has 0 heterocycles. The van der Waals surface area contributed by atoms with E-state index in [1.54, 1.807) is 0 Å². The Morgan fingerprint density at radius 3 is 1.46 bits per heavy atom.